The highest BCUT2D eigenvalue weighted by Crippen LogP contribution is 2.32. The minimum atomic E-state index is -0.540. The summed E-state index contributed by atoms with van der Waals surface area (Å²) in [6.45, 7) is 3.85. The second-order valence-corrected chi connectivity index (χ2v) is 8.66. The van der Waals surface area contributed by atoms with E-state index in [9.17, 15) is 14.7 Å². The Morgan fingerprint density at radius 1 is 1.44 bits per heavy atom. The normalized spacial score (nSPS) is 19.8. The van der Waals surface area contributed by atoms with Crippen molar-refractivity contribution in [3.8, 4) is 5.88 Å². The standard InChI is InChI=1S/C18H23BrN4O4/c1-18(5-7-27-8-6-18)10-22-13-9-12(19)21-23(13)17(26)14(16(22)25)15(24)20-11-3-2-4-11/h9,11,26H,2-8,10H2,1H3,(H,20,24). The smallest absolute Gasteiger partial charge is 0.270 e. The monoisotopic (exact) mass is 438 g/mol. The largest absolute Gasteiger partial charge is 0.492 e. The molecule has 0 radical (unpaired) electrons. The zero-order chi connectivity index (χ0) is 19.2. The first-order valence-electron chi connectivity index (χ1n) is 9.28. The van der Waals surface area contributed by atoms with Gasteiger partial charge >= 0.3 is 0 Å². The molecule has 9 heteroatoms. The maximum atomic E-state index is 13.2. The van der Waals surface area contributed by atoms with E-state index < -0.39 is 17.3 Å². The molecule has 0 aromatic carbocycles. The van der Waals surface area contributed by atoms with Crippen molar-refractivity contribution in [3.05, 3.63) is 26.6 Å². The van der Waals surface area contributed by atoms with Crippen molar-refractivity contribution in [2.45, 2.75) is 51.6 Å². The molecule has 146 valence electrons. The average Bonchev–Trinajstić information content (AvgIpc) is 2.98. The van der Waals surface area contributed by atoms with Crippen LogP contribution in [0.2, 0.25) is 0 Å². The quantitative estimate of drug-likeness (QED) is 0.760. The molecule has 0 bridgehead atoms. The molecule has 1 aliphatic carbocycles. The van der Waals surface area contributed by atoms with Crippen molar-refractivity contribution in [2.75, 3.05) is 13.2 Å². The number of rotatable bonds is 4. The van der Waals surface area contributed by atoms with E-state index in [0.717, 1.165) is 32.1 Å². The van der Waals surface area contributed by atoms with Crippen LogP contribution < -0.4 is 10.9 Å². The summed E-state index contributed by atoms with van der Waals surface area (Å²) in [7, 11) is 0. The van der Waals surface area contributed by atoms with E-state index in [0.29, 0.717) is 30.0 Å². The van der Waals surface area contributed by atoms with Crippen molar-refractivity contribution < 1.29 is 14.6 Å². The number of hydrogen-bond donors (Lipinski definition) is 2. The van der Waals surface area contributed by atoms with Crippen LogP contribution in [0.5, 0.6) is 5.88 Å². The summed E-state index contributed by atoms with van der Waals surface area (Å²) in [5.41, 5.74) is -0.409. The van der Waals surface area contributed by atoms with Gasteiger partial charge in [0.15, 0.2) is 5.56 Å². The van der Waals surface area contributed by atoms with Gasteiger partial charge in [0.1, 0.15) is 10.3 Å². The Balaban J connectivity index is 1.81. The Bertz CT molecular complexity index is 941. The number of aromatic hydroxyl groups is 1. The summed E-state index contributed by atoms with van der Waals surface area (Å²) in [4.78, 5) is 25.9. The number of amides is 1. The summed E-state index contributed by atoms with van der Waals surface area (Å²) in [6, 6.07) is 1.75. The fourth-order valence-corrected chi connectivity index (χ4v) is 4.06. The second kappa shape index (κ2) is 6.94. The highest BCUT2D eigenvalue weighted by Gasteiger charge is 2.32. The zero-order valence-electron chi connectivity index (χ0n) is 15.2. The first-order valence-corrected chi connectivity index (χ1v) is 10.1. The van der Waals surface area contributed by atoms with E-state index in [1.54, 1.807) is 10.6 Å². The SMILES string of the molecule is CC1(Cn2c(=O)c(C(=O)NC3CCC3)c(O)n3nc(Br)cc23)CCOCC1. The van der Waals surface area contributed by atoms with Gasteiger partial charge in [-0.05, 0) is 53.4 Å². The molecule has 27 heavy (non-hydrogen) atoms. The Hall–Kier alpha value is -1.87. The van der Waals surface area contributed by atoms with Gasteiger partial charge in [0, 0.05) is 31.9 Å². The van der Waals surface area contributed by atoms with Gasteiger partial charge in [-0.3, -0.25) is 14.2 Å². The van der Waals surface area contributed by atoms with Gasteiger partial charge in [-0.1, -0.05) is 6.92 Å². The van der Waals surface area contributed by atoms with Crippen LogP contribution in [0.15, 0.2) is 15.5 Å². The fraction of sp³-hybridized carbons (Fsp3) is 0.611. The van der Waals surface area contributed by atoms with Gasteiger partial charge in [0.2, 0.25) is 5.88 Å². The summed E-state index contributed by atoms with van der Waals surface area (Å²) in [6.07, 6.45) is 4.51. The van der Waals surface area contributed by atoms with Crippen molar-refractivity contribution in [2.24, 2.45) is 5.41 Å². The van der Waals surface area contributed by atoms with Gasteiger partial charge in [0.05, 0.1) is 0 Å². The van der Waals surface area contributed by atoms with E-state index in [1.807, 2.05) is 0 Å². The third kappa shape index (κ3) is 3.38. The molecule has 1 aliphatic heterocycles. The molecule has 0 spiro atoms. The minimum absolute atomic E-state index is 0.0674. The van der Waals surface area contributed by atoms with E-state index >= 15 is 0 Å². The van der Waals surface area contributed by atoms with Crippen LogP contribution >= 0.6 is 15.9 Å². The molecule has 4 rings (SSSR count). The molecule has 2 fully saturated rings. The van der Waals surface area contributed by atoms with Gasteiger partial charge in [0.25, 0.3) is 11.5 Å². The number of aromatic nitrogens is 3. The molecule has 2 aromatic heterocycles. The number of nitrogens with one attached hydrogen (secondary N) is 1. The number of nitrogens with zero attached hydrogens (tertiary/aromatic N) is 3. The number of ether oxygens (including phenoxy) is 1. The van der Waals surface area contributed by atoms with Gasteiger partial charge < -0.3 is 15.2 Å². The zero-order valence-corrected chi connectivity index (χ0v) is 16.8. The number of carbonyl (C=O) groups excluding carboxylic acids is 1. The van der Waals surface area contributed by atoms with Crippen LogP contribution in [-0.4, -0.2) is 44.5 Å². The lowest BCUT2D eigenvalue weighted by atomic mass is 9.82. The highest BCUT2D eigenvalue weighted by molar-refractivity contribution is 9.10. The van der Waals surface area contributed by atoms with E-state index in [1.165, 1.54) is 4.52 Å². The first-order chi connectivity index (χ1) is 12.9. The molecule has 8 nitrogen and oxygen atoms in total. The third-order valence-electron chi connectivity index (χ3n) is 5.73. The summed E-state index contributed by atoms with van der Waals surface area (Å²) < 4.78 is 8.75. The van der Waals surface area contributed by atoms with Crippen molar-refractivity contribution in [1.82, 2.24) is 19.5 Å². The Morgan fingerprint density at radius 2 is 2.15 bits per heavy atom. The molecule has 2 aliphatic rings. The summed E-state index contributed by atoms with van der Waals surface area (Å²) in [5.74, 6) is -0.965. The third-order valence-corrected chi connectivity index (χ3v) is 6.12. The molecule has 1 saturated carbocycles. The lowest BCUT2D eigenvalue weighted by molar-refractivity contribution is 0.0154. The lowest BCUT2D eigenvalue weighted by Gasteiger charge is -2.34. The predicted molar refractivity (Wildman–Crippen MR) is 102 cm³/mol. The van der Waals surface area contributed by atoms with Gasteiger partial charge in [-0.25, -0.2) is 0 Å². The highest BCUT2D eigenvalue weighted by atomic mass is 79.9. The molecular weight excluding hydrogens is 416 g/mol. The first kappa shape index (κ1) is 18.5. The molecule has 0 atom stereocenters. The maximum Gasteiger partial charge on any atom is 0.270 e. The summed E-state index contributed by atoms with van der Waals surface area (Å²) in [5, 5.41) is 17.6. The molecule has 1 amide bonds. The van der Waals surface area contributed by atoms with Crippen LogP contribution in [0.25, 0.3) is 5.65 Å². The molecule has 0 unspecified atom stereocenters. The Labute approximate surface area is 164 Å². The molecule has 1 saturated heterocycles. The maximum absolute atomic E-state index is 13.2. The molecule has 2 aromatic rings. The average molecular weight is 439 g/mol. The van der Waals surface area contributed by atoms with Crippen LogP contribution in [0.4, 0.5) is 0 Å². The van der Waals surface area contributed by atoms with Gasteiger partial charge in [-0.2, -0.15) is 9.61 Å². The molecule has 3 heterocycles. The van der Waals surface area contributed by atoms with Crippen LogP contribution in [0.1, 0.15) is 49.4 Å². The van der Waals surface area contributed by atoms with E-state index in [2.05, 4.69) is 33.3 Å². The Morgan fingerprint density at radius 3 is 2.78 bits per heavy atom. The van der Waals surface area contributed by atoms with Crippen molar-refractivity contribution >= 4 is 27.5 Å². The Kier molecular flexibility index (Phi) is 4.75. The van der Waals surface area contributed by atoms with E-state index in [-0.39, 0.29) is 17.0 Å². The number of halogens is 1. The molecule has 2 N–H and O–H groups in total. The summed E-state index contributed by atoms with van der Waals surface area (Å²) >= 11 is 3.30. The van der Waals surface area contributed by atoms with Crippen LogP contribution in [0, 0.1) is 5.41 Å². The van der Waals surface area contributed by atoms with E-state index in [4.69, 9.17) is 4.74 Å². The predicted octanol–water partition coefficient (Wildman–Crippen LogP) is 2.06. The fourth-order valence-electron chi connectivity index (χ4n) is 3.70. The van der Waals surface area contributed by atoms with Crippen molar-refractivity contribution in [1.29, 1.82) is 0 Å². The van der Waals surface area contributed by atoms with Crippen LogP contribution in [0.3, 0.4) is 0 Å². The van der Waals surface area contributed by atoms with Gasteiger partial charge in [-0.15, -0.1) is 0 Å². The molecular formula is C18H23BrN4O4. The number of carbonyl (C=O) groups is 1. The second-order valence-electron chi connectivity index (χ2n) is 7.85. The lowest BCUT2D eigenvalue weighted by Crippen LogP contribution is -2.43. The van der Waals surface area contributed by atoms with Crippen molar-refractivity contribution in [3.63, 3.8) is 0 Å². The van der Waals surface area contributed by atoms with Crippen LogP contribution in [-0.2, 0) is 11.3 Å². The topological polar surface area (TPSA) is 97.9 Å². The number of fused-ring (bicyclic) bond motifs is 1. The number of hydrogen-bond acceptors (Lipinski definition) is 5. The minimum Gasteiger partial charge on any atom is -0.492 e.